The Morgan fingerprint density at radius 1 is 1.40 bits per heavy atom. The summed E-state index contributed by atoms with van der Waals surface area (Å²) in [7, 11) is 1.51. The minimum Gasteiger partial charge on any atom is -0.507 e. The number of hydrogen-bond acceptors (Lipinski definition) is 4. The van der Waals surface area contributed by atoms with Gasteiger partial charge in [-0.25, -0.2) is 0 Å². The molecule has 2 unspecified atom stereocenters. The molecule has 1 aliphatic rings. The Kier molecular flexibility index (Phi) is 4.29. The molecular weight excluding hydrogens is 330 g/mol. The molecule has 1 heterocycles. The highest BCUT2D eigenvalue weighted by Gasteiger charge is 2.39. The number of ether oxygens (including phenoxy) is 1. The Balaban J connectivity index is 2.24. The molecule has 1 aliphatic heterocycles. The van der Waals surface area contributed by atoms with Crippen LogP contribution in [-0.2, 0) is 9.53 Å². The Labute approximate surface area is 124 Å². The van der Waals surface area contributed by atoms with Crippen molar-refractivity contribution in [2.75, 3.05) is 20.3 Å². The fourth-order valence-corrected chi connectivity index (χ4v) is 2.54. The number of phenols is 1. The smallest absolute Gasteiger partial charge is 0.311 e. The molecule has 0 radical (unpaired) electrons. The maximum atomic E-state index is 12.4. The first-order valence-corrected chi connectivity index (χ1v) is 6.77. The molecule has 1 aromatic rings. The van der Waals surface area contributed by atoms with E-state index in [4.69, 9.17) is 9.84 Å². The average molecular weight is 344 g/mol. The van der Waals surface area contributed by atoms with E-state index in [0.29, 0.717) is 4.47 Å². The van der Waals surface area contributed by atoms with Gasteiger partial charge in [0.25, 0.3) is 5.91 Å². The van der Waals surface area contributed by atoms with E-state index < -0.39 is 23.8 Å². The second-order valence-corrected chi connectivity index (χ2v) is 5.54. The lowest BCUT2D eigenvalue weighted by molar-refractivity contribution is -0.142. The number of rotatable bonds is 3. The third-order valence-electron chi connectivity index (χ3n) is 3.37. The number of amides is 1. The van der Waals surface area contributed by atoms with Gasteiger partial charge in [-0.2, -0.15) is 0 Å². The fourth-order valence-electron chi connectivity index (χ4n) is 2.18. The van der Waals surface area contributed by atoms with Gasteiger partial charge in [-0.1, -0.05) is 15.9 Å². The predicted octanol–water partition coefficient (Wildman–Crippen LogP) is 1.33. The van der Waals surface area contributed by atoms with Crippen molar-refractivity contribution in [3.05, 3.63) is 28.2 Å². The summed E-state index contributed by atoms with van der Waals surface area (Å²) >= 11 is 3.23. The molecule has 0 saturated carbocycles. The maximum Gasteiger partial charge on any atom is 0.311 e. The number of phenolic OH excluding ortho intramolecular Hbond substituents is 1. The zero-order chi connectivity index (χ0) is 14.9. The van der Waals surface area contributed by atoms with Crippen molar-refractivity contribution in [2.24, 2.45) is 5.92 Å². The van der Waals surface area contributed by atoms with Gasteiger partial charge in [0, 0.05) is 11.5 Å². The molecule has 20 heavy (non-hydrogen) atoms. The average Bonchev–Trinajstić information content (AvgIpc) is 2.89. The van der Waals surface area contributed by atoms with Crippen LogP contribution in [0.2, 0.25) is 0 Å². The highest BCUT2D eigenvalue weighted by molar-refractivity contribution is 9.10. The van der Waals surface area contributed by atoms with E-state index in [1.165, 1.54) is 24.1 Å². The summed E-state index contributed by atoms with van der Waals surface area (Å²) < 4.78 is 5.80. The molecule has 0 aromatic heterocycles. The van der Waals surface area contributed by atoms with Crippen LogP contribution in [-0.4, -0.2) is 53.3 Å². The van der Waals surface area contributed by atoms with Crippen molar-refractivity contribution >= 4 is 27.8 Å². The lowest BCUT2D eigenvalue weighted by Gasteiger charge is -2.26. The Hall–Kier alpha value is -1.60. The number of carbonyl (C=O) groups excluding carboxylic acids is 1. The standard InChI is InChI=1S/C13H14BrNO5/c1-15(10-6-20-5-9(10)13(18)19)12(17)8-4-7(14)2-3-11(8)16/h2-4,9-10,16H,5-6H2,1H3,(H,18,19). The normalized spacial score (nSPS) is 21.7. The molecule has 1 amide bonds. The monoisotopic (exact) mass is 343 g/mol. The molecule has 1 saturated heterocycles. The molecule has 1 aromatic carbocycles. The minimum atomic E-state index is -0.995. The van der Waals surface area contributed by atoms with Gasteiger partial charge >= 0.3 is 5.97 Å². The van der Waals surface area contributed by atoms with Crippen LogP contribution in [0.15, 0.2) is 22.7 Å². The van der Waals surface area contributed by atoms with Crippen LogP contribution in [0.4, 0.5) is 0 Å². The van der Waals surface area contributed by atoms with Crippen molar-refractivity contribution in [3.63, 3.8) is 0 Å². The number of carboxylic acid groups (broad SMARTS) is 1. The number of likely N-dealkylation sites (N-methyl/N-ethyl adjacent to an activating group) is 1. The van der Waals surface area contributed by atoms with Crippen molar-refractivity contribution in [3.8, 4) is 5.75 Å². The summed E-state index contributed by atoms with van der Waals surface area (Å²) in [6.45, 7) is 0.260. The van der Waals surface area contributed by atoms with Gasteiger partial charge in [-0.15, -0.1) is 0 Å². The second kappa shape index (κ2) is 5.80. The van der Waals surface area contributed by atoms with Crippen LogP contribution in [0.25, 0.3) is 0 Å². The van der Waals surface area contributed by atoms with Gasteiger partial charge in [0.05, 0.1) is 24.8 Å². The Morgan fingerprint density at radius 3 is 2.75 bits per heavy atom. The lowest BCUT2D eigenvalue weighted by Crippen LogP contribution is -2.44. The number of carbonyl (C=O) groups is 2. The van der Waals surface area contributed by atoms with Gasteiger partial charge < -0.3 is 19.8 Å². The number of halogens is 1. The third-order valence-corrected chi connectivity index (χ3v) is 3.87. The van der Waals surface area contributed by atoms with E-state index in [1.807, 2.05) is 0 Å². The number of carboxylic acids is 1. The van der Waals surface area contributed by atoms with Crippen molar-refractivity contribution < 1.29 is 24.5 Å². The van der Waals surface area contributed by atoms with E-state index in [2.05, 4.69) is 15.9 Å². The summed E-state index contributed by atoms with van der Waals surface area (Å²) in [4.78, 5) is 24.8. The van der Waals surface area contributed by atoms with Crippen molar-refractivity contribution in [2.45, 2.75) is 6.04 Å². The lowest BCUT2D eigenvalue weighted by atomic mass is 10.0. The molecule has 1 fully saturated rings. The molecule has 2 N–H and O–H groups in total. The van der Waals surface area contributed by atoms with Crippen molar-refractivity contribution in [1.29, 1.82) is 0 Å². The largest absolute Gasteiger partial charge is 0.507 e. The summed E-state index contributed by atoms with van der Waals surface area (Å²) in [6, 6.07) is 3.98. The van der Waals surface area contributed by atoms with E-state index in [1.54, 1.807) is 6.07 Å². The maximum absolute atomic E-state index is 12.4. The van der Waals surface area contributed by atoms with Gasteiger partial charge in [0.15, 0.2) is 0 Å². The second-order valence-electron chi connectivity index (χ2n) is 4.63. The van der Waals surface area contributed by atoms with Gasteiger partial charge in [0.2, 0.25) is 0 Å². The van der Waals surface area contributed by atoms with Crippen LogP contribution in [0, 0.1) is 5.92 Å². The molecule has 0 bridgehead atoms. The van der Waals surface area contributed by atoms with E-state index >= 15 is 0 Å². The van der Waals surface area contributed by atoms with E-state index in [-0.39, 0.29) is 24.5 Å². The predicted molar refractivity (Wildman–Crippen MR) is 73.6 cm³/mol. The third kappa shape index (κ3) is 2.78. The fraction of sp³-hybridized carbons (Fsp3) is 0.385. The zero-order valence-electron chi connectivity index (χ0n) is 10.7. The number of benzene rings is 1. The number of nitrogens with zero attached hydrogens (tertiary/aromatic N) is 1. The molecule has 2 rings (SSSR count). The molecule has 108 valence electrons. The molecule has 0 aliphatic carbocycles. The summed E-state index contributed by atoms with van der Waals surface area (Å²) in [5.74, 6) is -2.33. The highest BCUT2D eigenvalue weighted by Crippen LogP contribution is 2.26. The van der Waals surface area contributed by atoms with Gasteiger partial charge in [0.1, 0.15) is 11.7 Å². The Morgan fingerprint density at radius 2 is 2.10 bits per heavy atom. The number of hydrogen-bond donors (Lipinski definition) is 2. The summed E-state index contributed by atoms with van der Waals surface area (Å²) in [5.41, 5.74) is 0.123. The zero-order valence-corrected chi connectivity index (χ0v) is 12.3. The molecule has 6 nitrogen and oxygen atoms in total. The number of aliphatic carboxylic acids is 1. The summed E-state index contributed by atoms with van der Waals surface area (Å²) in [5, 5.41) is 18.9. The number of aromatic hydroxyl groups is 1. The van der Waals surface area contributed by atoms with Crippen LogP contribution >= 0.6 is 15.9 Å². The minimum absolute atomic E-state index is 0.0854. The topological polar surface area (TPSA) is 87.1 Å². The first kappa shape index (κ1) is 14.8. The van der Waals surface area contributed by atoms with Gasteiger partial charge in [-0.3, -0.25) is 9.59 Å². The van der Waals surface area contributed by atoms with Crippen LogP contribution in [0.5, 0.6) is 5.75 Å². The first-order valence-electron chi connectivity index (χ1n) is 5.98. The van der Waals surface area contributed by atoms with E-state index in [9.17, 15) is 14.7 Å². The van der Waals surface area contributed by atoms with Crippen LogP contribution in [0.1, 0.15) is 10.4 Å². The quantitative estimate of drug-likeness (QED) is 0.864. The molecule has 7 heteroatoms. The SMILES string of the molecule is CN(C(=O)c1cc(Br)ccc1O)C1COCC1C(=O)O. The van der Waals surface area contributed by atoms with Crippen LogP contribution < -0.4 is 0 Å². The van der Waals surface area contributed by atoms with Crippen molar-refractivity contribution in [1.82, 2.24) is 4.90 Å². The van der Waals surface area contributed by atoms with Gasteiger partial charge in [-0.05, 0) is 18.2 Å². The first-order chi connectivity index (χ1) is 9.41. The van der Waals surface area contributed by atoms with E-state index in [0.717, 1.165) is 0 Å². The Bertz CT molecular complexity index is 548. The van der Waals surface area contributed by atoms with Crippen LogP contribution in [0.3, 0.4) is 0 Å². The summed E-state index contributed by atoms with van der Waals surface area (Å²) in [6.07, 6.45) is 0. The molecule has 2 atom stereocenters. The molecule has 0 spiro atoms. The highest BCUT2D eigenvalue weighted by atomic mass is 79.9. The molecular formula is C13H14BrNO5.